The molecule has 0 amide bonds. The Morgan fingerprint density at radius 1 is 1.29 bits per heavy atom. The Balaban J connectivity index is 1.93. The number of nitrogens with two attached hydrogens (primary N) is 1. The first-order valence-corrected chi connectivity index (χ1v) is 6.49. The Kier molecular flexibility index (Phi) is 2.40. The minimum atomic E-state index is -0.469. The Morgan fingerprint density at radius 3 is 2.53 bits per heavy atom. The smallest absolute Gasteiger partial charge is 0.329 e. The molecule has 1 unspecified atom stereocenters. The van der Waals surface area contributed by atoms with Gasteiger partial charge >= 0.3 is 5.76 Å². The highest BCUT2D eigenvalue weighted by atomic mass is 16.5. The third kappa shape index (κ3) is 1.48. The summed E-state index contributed by atoms with van der Waals surface area (Å²) >= 11 is 0. The van der Waals surface area contributed by atoms with Gasteiger partial charge in [-0.2, -0.15) is 0 Å². The summed E-state index contributed by atoms with van der Waals surface area (Å²) in [6, 6.07) is 0. The van der Waals surface area contributed by atoms with Gasteiger partial charge in [-0.3, -0.25) is 9.51 Å². The van der Waals surface area contributed by atoms with E-state index in [4.69, 9.17) is 5.73 Å². The summed E-state index contributed by atoms with van der Waals surface area (Å²) in [6.07, 6.45) is 8.64. The van der Waals surface area contributed by atoms with Gasteiger partial charge in [0.15, 0.2) is 5.82 Å². The van der Waals surface area contributed by atoms with Crippen molar-refractivity contribution in [1.82, 2.24) is 10.1 Å². The van der Waals surface area contributed by atoms with E-state index in [-0.39, 0.29) is 10.8 Å². The average Bonchev–Trinajstić information content (AvgIpc) is 2.90. The second kappa shape index (κ2) is 3.70. The van der Waals surface area contributed by atoms with Crippen LogP contribution in [0.25, 0.3) is 0 Å². The van der Waals surface area contributed by atoms with Crippen molar-refractivity contribution in [3.63, 3.8) is 0 Å². The first-order chi connectivity index (χ1) is 8.22. The predicted molar refractivity (Wildman–Crippen MR) is 62.6 cm³/mol. The van der Waals surface area contributed by atoms with Gasteiger partial charge < -0.3 is 5.73 Å². The summed E-state index contributed by atoms with van der Waals surface area (Å²) in [6.45, 7) is 0.551. The van der Waals surface area contributed by atoms with Crippen LogP contribution >= 0.6 is 0 Å². The summed E-state index contributed by atoms with van der Waals surface area (Å²) in [5.74, 6) is 0.204. The van der Waals surface area contributed by atoms with Crippen LogP contribution in [0.2, 0.25) is 0 Å². The van der Waals surface area contributed by atoms with Gasteiger partial charge in [0.05, 0.1) is 5.41 Å². The lowest BCUT2D eigenvalue weighted by molar-refractivity contribution is 0.336. The van der Waals surface area contributed by atoms with Gasteiger partial charge in [0.2, 0.25) is 0 Å². The minimum Gasteiger partial charge on any atom is -0.329 e. The molecule has 1 aromatic heterocycles. The molecule has 0 bridgehead atoms. The lowest BCUT2D eigenvalue weighted by atomic mass is 9.85. The predicted octanol–water partition coefficient (Wildman–Crippen LogP) is 1.30. The Hall–Kier alpha value is -1.10. The van der Waals surface area contributed by atoms with E-state index in [1.54, 1.807) is 0 Å². The van der Waals surface area contributed by atoms with E-state index in [2.05, 4.69) is 14.7 Å². The van der Waals surface area contributed by atoms with Gasteiger partial charge in [-0.05, 0) is 24.7 Å². The Labute approximate surface area is 99.8 Å². The van der Waals surface area contributed by atoms with E-state index < -0.39 is 5.76 Å². The Morgan fingerprint density at radius 2 is 2.00 bits per heavy atom. The summed E-state index contributed by atoms with van der Waals surface area (Å²) in [4.78, 5) is 13.8. The van der Waals surface area contributed by atoms with Crippen molar-refractivity contribution in [2.75, 3.05) is 6.54 Å². The summed E-state index contributed by atoms with van der Waals surface area (Å²) in [5, 5.41) is 3.88. The van der Waals surface area contributed by atoms with E-state index in [1.165, 1.54) is 38.5 Å². The SMILES string of the molecule is NCC1(c2noc(=O)[nH]2)CC12CCCCCC2. The third-order valence-corrected chi connectivity index (χ3v) is 4.83. The molecular weight excluding hydrogens is 218 g/mol. The molecule has 1 heterocycles. The maximum Gasteiger partial charge on any atom is 0.438 e. The molecule has 0 saturated heterocycles. The largest absolute Gasteiger partial charge is 0.438 e. The number of aromatic nitrogens is 2. The van der Waals surface area contributed by atoms with E-state index in [1.807, 2.05) is 0 Å². The van der Waals surface area contributed by atoms with Gasteiger partial charge in [0.1, 0.15) is 0 Å². The summed E-state index contributed by atoms with van der Waals surface area (Å²) < 4.78 is 4.64. The van der Waals surface area contributed by atoms with E-state index >= 15 is 0 Å². The number of hydrogen-bond donors (Lipinski definition) is 2. The molecule has 3 rings (SSSR count). The van der Waals surface area contributed by atoms with Crippen LogP contribution in [0.15, 0.2) is 9.32 Å². The zero-order chi connectivity index (χ0) is 11.9. The third-order valence-electron chi connectivity index (χ3n) is 4.83. The number of H-pyrrole nitrogens is 1. The van der Waals surface area contributed by atoms with E-state index in [0.29, 0.717) is 12.4 Å². The van der Waals surface area contributed by atoms with E-state index in [9.17, 15) is 4.79 Å². The van der Waals surface area contributed by atoms with Gasteiger partial charge in [0, 0.05) is 6.54 Å². The van der Waals surface area contributed by atoms with Crippen molar-refractivity contribution in [3.8, 4) is 0 Å². The molecule has 5 nitrogen and oxygen atoms in total. The molecule has 0 radical (unpaired) electrons. The van der Waals surface area contributed by atoms with Crippen LogP contribution in [0.1, 0.15) is 50.8 Å². The van der Waals surface area contributed by atoms with Gasteiger partial charge in [-0.25, -0.2) is 4.79 Å². The lowest BCUT2D eigenvalue weighted by Crippen LogP contribution is -2.29. The second-order valence-electron chi connectivity index (χ2n) is 5.60. The van der Waals surface area contributed by atoms with Crippen molar-refractivity contribution in [2.45, 2.75) is 50.4 Å². The average molecular weight is 237 g/mol. The molecule has 3 N–H and O–H groups in total. The van der Waals surface area contributed by atoms with Gasteiger partial charge in [-0.1, -0.05) is 30.8 Å². The normalized spacial score (nSPS) is 31.4. The quantitative estimate of drug-likeness (QED) is 0.812. The maximum absolute atomic E-state index is 11.1. The lowest BCUT2D eigenvalue weighted by Gasteiger charge is -2.21. The highest BCUT2D eigenvalue weighted by molar-refractivity contribution is 5.29. The molecule has 1 spiro atoms. The van der Waals surface area contributed by atoms with Crippen LogP contribution in [0.5, 0.6) is 0 Å². The standard InChI is InChI=1S/C12H19N3O2/c13-8-12(9-14-10(16)17-15-9)7-11(12)5-3-1-2-4-6-11/h1-8,13H2,(H,14,15,16). The van der Waals surface area contributed by atoms with Crippen LogP contribution in [-0.4, -0.2) is 16.7 Å². The number of nitrogens with zero attached hydrogens (tertiary/aromatic N) is 1. The molecule has 2 fully saturated rings. The van der Waals surface area contributed by atoms with Crippen molar-refractivity contribution < 1.29 is 4.52 Å². The zero-order valence-electron chi connectivity index (χ0n) is 10.00. The minimum absolute atomic E-state index is 0.122. The second-order valence-corrected chi connectivity index (χ2v) is 5.60. The number of aromatic amines is 1. The molecule has 17 heavy (non-hydrogen) atoms. The van der Waals surface area contributed by atoms with Crippen molar-refractivity contribution in [3.05, 3.63) is 16.4 Å². The number of rotatable bonds is 2. The van der Waals surface area contributed by atoms with Crippen LogP contribution < -0.4 is 11.5 Å². The first kappa shape index (κ1) is 11.0. The monoisotopic (exact) mass is 237 g/mol. The molecule has 1 aromatic rings. The van der Waals surface area contributed by atoms with Gasteiger partial charge in [0.25, 0.3) is 0 Å². The highest BCUT2D eigenvalue weighted by Crippen LogP contribution is 2.69. The van der Waals surface area contributed by atoms with Gasteiger partial charge in [-0.15, -0.1) is 0 Å². The van der Waals surface area contributed by atoms with Crippen molar-refractivity contribution in [1.29, 1.82) is 0 Å². The number of nitrogens with one attached hydrogen (secondary N) is 1. The fourth-order valence-corrected chi connectivity index (χ4v) is 3.75. The van der Waals surface area contributed by atoms with Crippen molar-refractivity contribution in [2.24, 2.45) is 11.1 Å². The molecule has 0 aliphatic heterocycles. The fourth-order valence-electron chi connectivity index (χ4n) is 3.75. The summed E-state index contributed by atoms with van der Waals surface area (Å²) in [5.41, 5.74) is 6.12. The van der Waals surface area contributed by atoms with Crippen LogP contribution in [0, 0.1) is 5.41 Å². The van der Waals surface area contributed by atoms with Crippen LogP contribution in [0.3, 0.4) is 0 Å². The van der Waals surface area contributed by atoms with Crippen molar-refractivity contribution >= 4 is 0 Å². The molecule has 2 aliphatic rings. The van der Waals surface area contributed by atoms with E-state index in [0.717, 1.165) is 6.42 Å². The Bertz CT molecular complexity index is 456. The molecule has 2 aliphatic carbocycles. The summed E-state index contributed by atoms with van der Waals surface area (Å²) in [7, 11) is 0. The topological polar surface area (TPSA) is 84.9 Å². The molecular formula is C12H19N3O2. The molecule has 1 atom stereocenters. The first-order valence-electron chi connectivity index (χ1n) is 6.49. The molecule has 5 heteroatoms. The fraction of sp³-hybridized carbons (Fsp3) is 0.833. The number of hydrogen-bond acceptors (Lipinski definition) is 4. The maximum atomic E-state index is 11.1. The highest BCUT2D eigenvalue weighted by Gasteiger charge is 2.68. The van der Waals surface area contributed by atoms with Crippen LogP contribution in [-0.2, 0) is 5.41 Å². The van der Waals surface area contributed by atoms with Crippen LogP contribution in [0.4, 0.5) is 0 Å². The molecule has 0 aromatic carbocycles. The molecule has 94 valence electrons. The zero-order valence-corrected chi connectivity index (χ0v) is 10.00. The molecule has 2 saturated carbocycles.